The summed E-state index contributed by atoms with van der Waals surface area (Å²) in [6.07, 6.45) is 4.42. The maximum Gasteiger partial charge on any atom is 0.336 e. The van der Waals surface area contributed by atoms with Crippen LogP contribution in [0, 0.1) is 0 Å². The van der Waals surface area contributed by atoms with Gasteiger partial charge in [0.15, 0.2) is 5.82 Å². The van der Waals surface area contributed by atoms with Gasteiger partial charge in [-0.1, -0.05) is 59.6 Å². The third-order valence-electron chi connectivity index (χ3n) is 5.58. The predicted molar refractivity (Wildman–Crippen MR) is 152 cm³/mol. The predicted octanol–water partition coefficient (Wildman–Crippen LogP) is 6.87. The van der Waals surface area contributed by atoms with Crippen molar-refractivity contribution in [3.8, 4) is 17.1 Å². The van der Waals surface area contributed by atoms with Gasteiger partial charge in [0, 0.05) is 27.2 Å². The van der Waals surface area contributed by atoms with Gasteiger partial charge in [-0.3, -0.25) is 4.79 Å². The second-order valence-electron chi connectivity index (χ2n) is 8.16. The average Bonchev–Trinajstić information content (AvgIpc) is 2.93. The highest BCUT2D eigenvalue weighted by Crippen LogP contribution is 2.22. The van der Waals surface area contributed by atoms with Crippen LogP contribution in [0.5, 0.6) is 5.75 Å². The lowest BCUT2D eigenvalue weighted by Crippen LogP contribution is -2.20. The lowest BCUT2D eigenvalue weighted by atomic mass is 10.2. The minimum absolute atomic E-state index is 0.289. The number of para-hydroxylation sites is 2. The maximum absolute atomic E-state index is 13.4. The Balaban J connectivity index is 1.48. The smallest absolute Gasteiger partial charge is 0.336 e. The number of carbonyl (C=O) groups excluding carboxylic acids is 1. The van der Waals surface area contributed by atoms with E-state index < -0.39 is 5.97 Å². The van der Waals surface area contributed by atoms with Crippen LogP contribution in [0.25, 0.3) is 28.4 Å². The number of esters is 1. The molecule has 0 fully saturated rings. The molecule has 0 radical (unpaired) electrons. The molecule has 38 heavy (non-hydrogen) atoms. The van der Waals surface area contributed by atoms with E-state index in [-0.39, 0.29) is 11.3 Å². The Bertz CT molecular complexity index is 1740. The molecule has 6 nitrogen and oxygen atoms in total. The number of hydrogen-bond donors (Lipinski definition) is 0. The molecule has 0 N–H and O–H groups in total. The molecule has 0 aliphatic carbocycles. The lowest BCUT2D eigenvalue weighted by molar-refractivity contribution is -0.128. The first-order valence-electron chi connectivity index (χ1n) is 11.5. The minimum atomic E-state index is -0.563. The summed E-state index contributed by atoms with van der Waals surface area (Å²) in [5.74, 6) is 0.0750. The summed E-state index contributed by atoms with van der Waals surface area (Å²) < 4.78 is 6.77. The zero-order valence-electron chi connectivity index (χ0n) is 19.8. The Labute approximate surface area is 228 Å². The Morgan fingerprint density at radius 1 is 0.842 bits per heavy atom. The first-order chi connectivity index (χ1) is 18.5. The monoisotopic (exact) mass is 539 g/mol. The molecule has 1 heterocycles. The Hall–Kier alpha value is -4.52. The average molecular weight is 540 g/mol. The first-order valence-corrected chi connectivity index (χ1v) is 12.3. The Morgan fingerprint density at radius 3 is 2.26 bits per heavy atom. The van der Waals surface area contributed by atoms with Crippen LogP contribution < -0.4 is 10.3 Å². The number of aromatic nitrogens is 2. The summed E-state index contributed by atoms with van der Waals surface area (Å²) >= 11 is 12.0. The maximum atomic E-state index is 13.4. The van der Waals surface area contributed by atoms with Gasteiger partial charge in [-0.15, -0.1) is 0 Å². The van der Waals surface area contributed by atoms with E-state index in [2.05, 4.69) is 10.1 Å². The van der Waals surface area contributed by atoms with E-state index in [1.54, 1.807) is 97.1 Å². The van der Waals surface area contributed by atoms with Crippen LogP contribution in [0.2, 0.25) is 10.0 Å². The number of fused-ring (bicyclic) bond motifs is 1. The van der Waals surface area contributed by atoms with E-state index in [4.69, 9.17) is 27.9 Å². The zero-order valence-corrected chi connectivity index (χ0v) is 21.3. The van der Waals surface area contributed by atoms with E-state index in [1.807, 2.05) is 6.07 Å². The third-order valence-corrected chi connectivity index (χ3v) is 6.08. The second-order valence-corrected chi connectivity index (χ2v) is 9.04. The number of ether oxygens (including phenoxy) is 1. The van der Waals surface area contributed by atoms with Gasteiger partial charge in [0.1, 0.15) is 5.75 Å². The lowest BCUT2D eigenvalue weighted by Gasteiger charge is -2.10. The third kappa shape index (κ3) is 5.72. The molecule has 0 amide bonds. The molecule has 0 aliphatic rings. The van der Waals surface area contributed by atoms with Crippen molar-refractivity contribution in [1.82, 2.24) is 9.66 Å². The summed E-state index contributed by atoms with van der Waals surface area (Å²) in [4.78, 5) is 30.6. The fourth-order valence-corrected chi connectivity index (χ4v) is 3.95. The summed E-state index contributed by atoms with van der Waals surface area (Å²) in [5.41, 5.74) is 2.19. The summed E-state index contributed by atoms with van der Waals surface area (Å²) in [7, 11) is 0. The van der Waals surface area contributed by atoms with Crippen LogP contribution in [0.15, 0.2) is 113 Å². The number of hydrogen-bond acceptors (Lipinski definition) is 5. The highest BCUT2D eigenvalue weighted by atomic mass is 35.5. The molecule has 0 unspecified atom stereocenters. The van der Waals surface area contributed by atoms with E-state index >= 15 is 0 Å². The van der Waals surface area contributed by atoms with Crippen molar-refractivity contribution in [3.63, 3.8) is 0 Å². The van der Waals surface area contributed by atoms with Gasteiger partial charge >= 0.3 is 5.97 Å². The van der Waals surface area contributed by atoms with Crippen LogP contribution in [0.3, 0.4) is 0 Å². The van der Waals surface area contributed by atoms with Gasteiger partial charge in [0.05, 0.1) is 17.1 Å². The molecular weight excluding hydrogens is 521 g/mol. The molecule has 0 saturated carbocycles. The standard InChI is InChI=1S/C30H19Cl2N3O3/c31-23-14-9-20(10-15-23)11-18-28(36)38-27-8-4-1-5-22(27)19-33-35-29(21-12-16-24(32)17-13-21)34-26-7-3-2-6-25(26)30(35)37/h1-19H/b18-11+,33-19?. The quantitative estimate of drug-likeness (QED) is 0.102. The molecule has 0 atom stereocenters. The number of benzene rings is 4. The van der Waals surface area contributed by atoms with Gasteiger partial charge in [-0.25, -0.2) is 9.78 Å². The number of rotatable bonds is 6. The topological polar surface area (TPSA) is 73.5 Å². The molecule has 186 valence electrons. The van der Waals surface area contributed by atoms with Crippen LogP contribution in [-0.4, -0.2) is 21.8 Å². The van der Waals surface area contributed by atoms with Gasteiger partial charge in [-0.2, -0.15) is 9.78 Å². The molecule has 4 aromatic carbocycles. The summed E-state index contributed by atoms with van der Waals surface area (Å²) in [6.45, 7) is 0. The van der Waals surface area contributed by atoms with Crippen LogP contribution in [0.1, 0.15) is 11.1 Å². The molecule has 0 aliphatic heterocycles. The largest absolute Gasteiger partial charge is 0.423 e. The van der Waals surface area contributed by atoms with Crippen molar-refractivity contribution in [2.75, 3.05) is 0 Å². The molecule has 8 heteroatoms. The summed E-state index contributed by atoms with van der Waals surface area (Å²) in [6, 6.07) is 28.0. The normalized spacial score (nSPS) is 11.4. The zero-order chi connectivity index (χ0) is 26.5. The van der Waals surface area contributed by atoms with E-state index in [0.29, 0.717) is 37.9 Å². The van der Waals surface area contributed by atoms with Crippen LogP contribution in [-0.2, 0) is 4.79 Å². The van der Waals surface area contributed by atoms with Crippen molar-refractivity contribution < 1.29 is 9.53 Å². The fourth-order valence-electron chi connectivity index (χ4n) is 3.70. The molecule has 5 aromatic rings. The van der Waals surface area contributed by atoms with Crippen molar-refractivity contribution in [2.24, 2.45) is 5.10 Å². The molecule has 5 rings (SSSR count). The highest BCUT2D eigenvalue weighted by Gasteiger charge is 2.13. The fraction of sp³-hybridized carbons (Fsp3) is 0. The van der Waals surface area contributed by atoms with Crippen molar-refractivity contribution >= 4 is 52.4 Å². The van der Waals surface area contributed by atoms with E-state index in [1.165, 1.54) is 17.0 Å². The van der Waals surface area contributed by atoms with Crippen molar-refractivity contribution in [1.29, 1.82) is 0 Å². The van der Waals surface area contributed by atoms with Gasteiger partial charge in [0.25, 0.3) is 5.56 Å². The number of halogens is 2. The number of nitrogens with zero attached hydrogens (tertiary/aromatic N) is 3. The number of carbonyl (C=O) groups is 1. The Morgan fingerprint density at radius 2 is 1.50 bits per heavy atom. The SMILES string of the molecule is O=C(/C=C/c1ccc(Cl)cc1)Oc1ccccc1C=Nn1c(-c2ccc(Cl)cc2)nc2ccccc2c1=O. The van der Waals surface area contributed by atoms with Gasteiger partial charge in [0.2, 0.25) is 0 Å². The molecule has 1 aromatic heterocycles. The van der Waals surface area contributed by atoms with Crippen LogP contribution >= 0.6 is 23.2 Å². The van der Waals surface area contributed by atoms with E-state index in [9.17, 15) is 9.59 Å². The molecular formula is C30H19Cl2N3O3. The highest BCUT2D eigenvalue weighted by molar-refractivity contribution is 6.30. The van der Waals surface area contributed by atoms with Crippen molar-refractivity contribution in [3.05, 3.63) is 135 Å². The van der Waals surface area contributed by atoms with E-state index in [0.717, 1.165) is 5.56 Å². The minimum Gasteiger partial charge on any atom is -0.423 e. The van der Waals surface area contributed by atoms with Gasteiger partial charge in [-0.05, 0) is 72.3 Å². The molecule has 0 saturated heterocycles. The molecule has 0 spiro atoms. The molecule has 0 bridgehead atoms. The van der Waals surface area contributed by atoms with Crippen LogP contribution in [0.4, 0.5) is 0 Å². The van der Waals surface area contributed by atoms with Gasteiger partial charge < -0.3 is 4.74 Å². The summed E-state index contributed by atoms with van der Waals surface area (Å²) in [5, 5.41) is 6.05. The Kier molecular flexibility index (Phi) is 7.45. The second kappa shape index (κ2) is 11.3. The first kappa shape index (κ1) is 25.1. The van der Waals surface area contributed by atoms with Crippen molar-refractivity contribution in [2.45, 2.75) is 0 Å².